The summed E-state index contributed by atoms with van der Waals surface area (Å²) in [7, 11) is 0. The van der Waals surface area contributed by atoms with Crippen molar-refractivity contribution in [1.82, 2.24) is 25.0 Å². The lowest BCUT2D eigenvalue weighted by atomic mass is 10.1. The summed E-state index contributed by atoms with van der Waals surface area (Å²) in [4.78, 5) is 15.8. The summed E-state index contributed by atoms with van der Waals surface area (Å²) in [6, 6.07) is 7.83. The minimum Gasteiger partial charge on any atom is -0.464 e. The number of esters is 1. The fourth-order valence-electron chi connectivity index (χ4n) is 2.88. The Bertz CT molecular complexity index is 1080. The van der Waals surface area contributed by atoms with Crippen LogP contribution in [0.1, 0.15) is 13.3 Å². The van der Waals surface area contributed by atoms with Crippen LogP contribution in [0.15, 0.2) is 36.7 Å². The average Bonchev–Trinajstić information content (AvgIpc) is 3.31. The predicted molar refractivity (Wildman–Crippen MR) is 98.3 cm³/mol. The number of pyridine rings is 1. The van der Waals surface area contributed by atoms with Gasteiger partial charge < -0.3 is 10.5 Å². The number of nitrogens with one attached hydrogen (secondary N) is 1. The quantitative estimate of drug-likeness (QED) is 0.535. The first-order chi connectivity index (χ1) is 12.7. The number of aromatic amines is 1. The fourth-order valence-corrected chi connectivity index (χ4v) is 2.88. The van der Waals surface area contributed by atoms with Gasteiger partial charge in [-0.2, -0.15) is 10.2 Å². The van der Waals surface area contributed by atoms with Crippen LogP contribution < -0.4 is 5.73 Å². The van der Waals surface area contributed by atoms with Crippen LogP contribution in [0.25, 0.3) is 33.1 Å². The largest absolute Gasteiger partial charge is 0.464 e. The number of anilines is 1. The van der Waals surface area contributed by atoms with E-state index in [0.29, 0.717) is 18.8 Å². The lowest BCUT2D eigenvalue weighted by molar-refractivity contribution is -0.143. The van der Waals surface area contributed by atoms with Gasteiger partial charge in [0.1, 0.15) is 17.9 Å². The van der Waals surface area contributed by atoms with Gasteiger partial charge in [-0.1, -0.05) is 13.0 Å². The lowest BCUT2D eigenvalue weighted by Crippen LogP contribution is -2.10. The number of carbonyl (C=O) groups excluding carboxylic acids is 1. The Kier molecular flexibility index (Phi) is 4.00. The SMILES string of the molecule is CCC(=O)OCCn1cc2c(N)nc3cc(-c4ccn[nH]4)ccc3c2n1. The predicted octanol–water partition coefficient (Wildman–Crippen LogP) is 2.51. The zero-order valence-corrected chi connectivity index (χ0v) is 14.3. The Hall–Kier alpha value is -3.42. The van der Waals surface area contributed by atoms with Crippen molar-refractivity contribution >= 4 is 33.6 Å². The third-order valence-electron chi connectivity index (χ3n) is 4.22. The average molecular weight is 350 g/mol. The maximum absolute atomic E-state index is 11.2. The highest BCUT2D eigenvalue weighted by atomic mass is 16.5. The molecule has 3 aromatic heterocycles. The molecular formula is C18H18N6O2. The molecule has 132 valence electrons. The van der Waals surface area contributed by atoms with Gasteiger partial charge in [-0.05, 0) is 18.2 Å². The van der Waals surface area contributed by atoms with Gasteiger partial charge in [0.2, 0.25) is 0 Å². The Morgan fingerprint density at radius 3 is 2.96 bits per heavy atom. The zero-order chi connectivity index (χ0) is 18.1. The van der Waals surface area contributed by atoms with Crippen molar-refractivity contribution < 1.29 is 9.53 Å². The second kappa shape index (κ2) is 6.47. The molecule has 0 aliphatic rings. The molecule has 0 atom stereocenters. The Morgan fingerprint density at radius 1 is 1.31 bits per heavy atom. The summed E-state index contributed by atoms with van der Waals surface area (Å²) >= 11 is 0. The van der Waals surface area contributed by atoms with Crippen LogP contribution in [-0.2, 0) is 16.1 Å². The Morgan fingerprint density at radius 2 is 2.19 bits per heavy atom. The summed E-state index contributed by atoms with van der Waals surface area (Å²) in [5, 5.41) is 13.2. The molecule has 26 heavy (non-hydrogen) atoms. The molecule has 0 aliphatic heterocycles. The Balaban J connectivity index is 1.71. The van der Waals surface area contributed by atoms with Crippen molar-refractivity contribution in [3.8, 4) is 11.3 Å². The molecule has 0 spiro atoms. The fraction of sp³-hybridized carbons (Fsp3) is 0.222. The molecule has 1 aromatic carbocycles. The first-order valence-corrected chi connectivity index (χ1v) is 8.37. The number of carbonyl (C=O) groups is 1. The summed E-state index contributed by atoms with van der Waals surface area (Å²) in [5.41, 5.74) is 9.58. The highest BCUT2D eigenvalue weighted by Crippen LogP contribution is 2.29. The maximum atomic E-state index is 11.2. The third kappa shape index (κ3) is 2.85. The van der Waals surface area contributed by atoms with E-state index in [1.54, 1.807) is 17.8 Å². The number of benzene rings is 1. The number of rotatable bonds is 5. The van der Waals surface area contributed by atoms with Gasteiger partial charge in [-0.15, -0.1) is 0 Å². The van der Waals surface area contributed by atoms with E-state index in [0.717, 1.165) is 33.1 Å². The van der Waals surface area contributed by atoms with Crippen LogP contribution >= 0.6 is 0 Å². The number of hydrogen-bond acceptors (Lipinski definition) is 6. The van der Waals surface area contributed by atoms with Crippen LogP contribution in [0.3, 0.4) is 0 Å². The number of nitrogens with zero attached hydrogens (tertiary/aromatic N) is 4. The molecule has 0 unspecified atom stereocenters. The molecule has 0 saturated carbocycles. The van der Waals surface area contributed by atoms with Crippen LogP contribution in [0, 0.1) is 0 Å². The van der Waals surface area contributed by atoms with Gasteiger partial charge in [0.25, 0.3) is 0 Å². The van der Waals surface area contributed by atoms with Crippen LogP contribution in [0.5, 0.6) is 0 Å². The van der Waals surface area contributed by atoms with Crippen molar-refractivity contribution in [3.63, 3.8) is 0 Å². The number of aromatic nitrogens is 5. The number of ether oxygens (including phenoxy) is 1. The minimum atomic E-state index is -0.223. The molecule has 4 rings (SSSR count). The van der Waals surface area contributed by atoms with E-state index in [9.17, 15) is 4.79 Å². The van der Waals surface area contributed by atoms with Gasteiger partial charge >= 0.3 is 5.97 Å². The second-order valence-electron chi connectivity index (χ2n) is 5.93. The van der Waals surface area contributed by atoms with Crippen molar-refractivity contribution in [2.75, 3.05) is 12.3 Å². The molecule has 0 fully saturated rings. The molecule has 0 radical (unpaired) electrons. The summed E-state index contributed by atoms with van der Waals surface area (Å²) in [5.74, 6) is 0.200. The van der Waals surface area contributed by atoms with Gasteiger partial charge in [-0.3, -0.25) is 14.6 Å². The number of fused-ring (bicyclic) bond motifs is 3. The topological polar surface area (TPSA) is 112 Å². The second-order valence-corrected chi connectivity index (χ2v) is 5.93. The molecule has 8 nitrogen and oxygen atoms in total. The van der Waals surface area contributed by atoms with E-state index >= 15 is 0 Å². The molecule has 8 heteroatoms. The van der Waals surface area contributed by atoms with E-state index in [2.05, 4.69) is 20.3 Å². The molecule has 4 aromatic rings. The molecule has 3 N–H and O–H groups in total. The van der Waals surface area contributed by atoms with Crippen molar-refractivity contribution in [3.05, 3.63) is 36.7 Å². The standard InChI is InChI=1S/C18H18N6O2/c1-2-16(25)26-8-7-24-10-13-17(23-24)12-4-3-11(14-5-6-20-22-14)9-15(12)21-18(13)19/h3-6,9-10H,2,7-8H2,1H3,(H2,19,21)(H,20,22). The van der Waals surface area contributed by atoms with E-state index in [-0.39, 0.29) is 12.6 Å². The number of nitrogen functional groups attached to an aromatic ring is 1. The molecule has 0 saturated heterocycles. The van der Waals surface area contributed by atoms with E-state index in [4.69, 9.17) is 10.5 Å². The molecule has 0 aliphatic carbocycles. The van der Waals surface area contributed by atoms with E-state index in [1.807, 2.05) is 30.5 Å². The smallest absolute Gasteiger partial charge is 0.305 e. The number of hydrogen-bond donors (Lipinski definition) is 2. The van der Waals surface area contributed by atoms with Gasteiger partial charge in [0.05, 0.1) is 23.1 Å². The van der Waals surface area contributed by atoms with Gasteiger partial charge in [0, 0.05) is 29.8 Å². The van der Waals surface area contributed by atoms with Crippen LogP contribution in [0.2, 0.25) is 0 Å². The number of H-pyrrole nitrogens is 1. The summed E-state index contributed by atoms with van der Waals surface area (Å²) in [6.07, 6.45) is 3.90. The zero-order valence-electron chi connectivity index (χ0n) is 14.3. The first-order valence-electron chi connectivity index (χ1n) is 8.37. The third-order valence-corrected chi connectivity index (χ3v) is 4.22. The maximum Gasteiger partial charge on any atom is 0.305 e. The van der Waals surface area contributed by atoms with Crippen molar-refractivity contribution in [2.45, 2.75) is 19.9 Å². The van der Waals surface area contributed by atoms with Gasteiger partial charge in [-0.25, -0.2) is 4.98 Å². The summed E-state index contributed by atoms with van der Waals surface area (Å²) in [6.45, 7) is 2.50. The van der Waals surface area contributed by atoms with Gasteiger partial charge in [0.15, 0.2) is 0 Å². The van der Waals surface area contributed by atoms with Crippen molar-refractivity contribution in [1.29, 1.82) is 0 Å². The highest BCUT2D eigenvalue weighted by molar-refractivity contribution is 6.08. The van der Waals surface area contributed by atoms with Crippen LogP contribution in [0.4, 0.5) is 5.82 Å². The normalized spacial score (nSPS) is 11.3. The minimum absolute atomic E-state index is 0.223. The molecule has 0 amide bonds. The number of nitrogens with two attached hydrogens (primary N) is 1. The van der Waals surface area contributed by atoms with E-state index in [1.165, 1.54) is 0 Å². The molecule has 0 bridgehead atoms. The lowest BCUT2D eigenvalue weighted by Gasteiger charge is -2.04. The highest BCUT2D eigenvalue weighted by Gasteiger charge is 2.12. The van der Waals surface area contributed by atoms with Crippen LogP contribution in [-0.4, -0.2) is 37.5 Å². The van der Waals surface area contributed by atoms with E-state index < -0.39 is 0 Å². The van der Waals surface area contributed by atoms with Crippen molar-refractivity contribution in [2.24, 2.45) is 0 Å². The Labute approximate surface area is 149 Å². The molecular weight excluding hydrogens is 332 g/mol. The summed E-state index contributed by atoms with van der Waals surface area (Å²) < 4.78 is 6.84. The molecule has 3 heterocycles. The monoisotopic (exact) mass is 350 g/mol. The first kappa shape index (κ1) is 16.1.